The van der Waals surface area contributed by atoms with Crippen LogP contribution in [-0.2, 0) is 6.42 Å². The van der Waals surface area contributed by atoms with E-state index in [1.54, 1.807) is 30.5 Å². The molecule has 0 fully saturated rings. The zero-order valence-corrected chi connectivity index (χ0v) is 9.50. The minimum atomic E-state index is -0.00741. The van der Waals surface area contributed by atoms with Crippen molar-refractivity contribution in [2.24, 2.45) is 0 Å². The lowest BCUT2D eigenvalue weighted by atomic mass is 10.1. The molecule has 2 heterocycles. The maximum absolute atomic E-state index is 12.1. The Morgan fingerprint density at radius 3 is 2.94 bits per heavy atom. The molecule has 0 aliphatic carbocycles. The molecule has 0 N–H and O–H groups in total. The van der Waals surface area contributed by atoms with Crippen LogP contribution in [0.15, 0.2) is 36.8 Å². The van der Waals surface area contributed by atoms with Crippen molar-refractivity contribution in [2.45, 2.75) is 6.42 Å². The van der Waals surface area contributed by atoms with Crippen LogP contribution in [0.25, 0.3) is 0 Å². The number of hydrogen-bond donors (Lipinski definition) is 0. The maximum Gasteiger partial charge on any atom is 0.231 e. The van der Waals surface area contributed by atoms with Gasteiger partial charge in [0, 0.05) is 11.8 Å². The first-order valence-electron chi connectivity index (χ1n) is 5.51. The van der Waals surface area contributed by atoms with Crippen LogP contribution in [0.4, 0.5) is 0 Å². The molecule has 2 aromatic rings. The number of fused-ring (bicyclic) bond motifs is 1. The second-order valence-corrected chi connectivity index (χ2v) is 3.87. The fraction of sp³-hybridized carbons (Fsp3) is 0.154. The Bertz CT molecular complexity index is 584. The van der Waals surface area contributed by atoms with Crippen molar-refractivity contribution >= 4 is 5.78 Å². The summed E-state index contributed by atoms with van der Waals surface area (Å²) in [5.41, 5.74) is 1.30. The Morgan fingerprint density at radius 1 is 1.22 bits per heavy atom. The van der Waals surface area contributed by atoms with Crippen molar-refractivity contribution in [1.29, 1.82) is 0 Å². The molecule has 18 heavy (non-hydrogen) atoms. The van der Waals surface area contributed by atoms with E-state index in [1.807, 2.05) is 0 Å². The number of benzene rings is 1. The van der Waals surface area contributed by atoms with Gasteiger partial charge < -0.3 is 9.47 Å². The number of aromatic nitrogens is 2. The van der Waals surface area contributed by atoms with Gasteiger partial charge in [-0.15, -0.1) is 0 Å². The van der Waals surface area contributed by atoms with Gasteiger partial charge in [0.1, 0.15) is 6.33 Å². The molecule has 1 aliphatic rings. The predicted molar refractivity (Wildman–Crippen MR) is 62.6 cm³/mol. The van der Waals surface area contributed by atoms with Crippen molar-refractivity contribution in [1.82, 2.24) is 9.97 Å². The summed E-state index contributed by atoms with van der Waals surface area (Å²) in [4.78, 5) is 19.9. The van der Waals surface area contributed by atoms with Crippen LogP contribution in [0.1, 0.15) is 16.1 Å². The van der Waals surface area contributed by atoms with E-state index in [1.165, 1.54) is 6.33 Å². The molecule has 0 saturated heterocycles. The molecule has 5 heteroatoms. The van der Waals surface area contributed by atoms with Gasteiger partial charge in [0.05, 0.1) is 12.1 Å². The molecular weight excluding hydrogens is 232 g/mol. The van der Waals surface area contributed by atoms with E-state index in [0.29, 0.717) is 22.8 Å². The number of carbonyl (C=O) groups is 1. The van der Waals surface area contributed by atoms with Gasteiger partial charge in [0.25, 0.3) is 0 Å². The van der Waals surface area contributed by atoms with Crippen molar-refractivity contribution in [2.75, 3.05) is 6.79 Å². The predicted octanol–water partition coefficient (Wildman–Crippen LogP) is 1.63. The molecule has 0 unspecified atom stereocenters. The van der Waals surface area contributed by atoms with Gasteiger partial charge in [-0.1, -0.05) is 0 Å². The number of nitrogens with zero attached hydrogens (tertiary/aromatic N) is 2. The van der Waals surface area contributed by atoms with E-state index in [4.69, 9.17) is 9.47 Å². The highest BCUT2D eigenvalue weighted by molar-refractivity contribution is 5.97. The van der Waals surface area contributed by atoms with E-state index < -0.39 is 0 Å². The summed E-state index contributed by atoms with van der Waals surface area (Å²) in [5.74, 6) is 1.28. The first-order valence-corrected chi connectivity index (χ1v) is 5.51. The molecule has 0 radical (unpaired) electrons. The van der Waals surface area contributed by atoms with Gasteiger partial charge >= 0.3 is 0 Å². The normalized spacial score (nSPS) is 12.4. The lowest BCUT2D eigenvalue weighted by Crippen LogP contribution is -2.05. The first-order chi connectivity index (χ1) is 8.83. The van der Waals surface area contributed by atoms with Crippen LogP contribution in [0.5, 0.6) is 11.5 Å². The number of hydrogen-bond acceptors (Lipinski definition) is 5. The Morgan fingerprint density at radius 2 is 2.11 bits per heavy atom. The Labute approximate surface area is 103 Å². The quantitative estimate of drug-likeness (QED) is 0.765. The smallest absolute Gasteiger partial charge is 0.231 e. The van der Waals surface area contributed by atoms with Crippen LogP contribution in [0.2, 0.25) is 0 Å². The molecular formula is C13H10N2O3. The zero-order chi connectivity index (χ0) is 12.4. The van der Waals surface area contributed by atoms with E-state index in [-0.39, 0.29) is 19.0 Å². The summed E-state index contributed by atoms with van der Waals surface area (Å²) in [6.07, 6.45) is 3.31. The van der Waals surface area contributed by atoms with Crippen LogP contribution >= 0.6 is 0 Å². The molecule has 0 saturated carbocycles. The fourth-order valence-electron chi connectivity index (χ4n) is 1.76. The van der Waals surface area contributed by atoms with Gasteiger partial charge in [-0.05, 0) is 24.3 Å². The molecule has 0 bridgehead atoms. The molecule has 3 rings (SSSR count). The fourth-order valence-corrected chi connectivity index (χ4v) is 1.76. The first kappa shape index (κ1) is 10.7. The summed E-state index contributed by atoms with van der Waals surface area (Å²) in [6, 6.07) is 6.91. The number of ketones is 1. The Balaban J connectivity index is 1.81. The largest absolute Gasteiger partial charge is 0.454 e. The van der Waals surface area contributed by atoms with Gasteiger partial charge in [-0.3, -0.25) is 4.79 Å². The number of ether oxygens (including phenoxy) is 2. The van der Waals surface area contributed by atoms with Crippen molar-refractivity contribution < 1.29 is 14.3 Å². The lowest BCUT2D eigenvalue weighted by molar-refractivity contribution is 0.0991. The molecule has 0 spiro atoms. The molecule has 0 atom stereocenters. The summed E-state index contributed by atoms with van der Waals surface area (Å²) in [7, 11) is 0. The Hall–Kier alpha value is -2.43. The topological polar surface area (TPSA) is 61.3 Å². The van der Waals surface area contributed by atoms with Crippen molar-refractivity contribution in [3.8, 4) is 11.5 Å². The highest BCUT2D eigenvalue weighted by Crippen LogP contribution is 2.32. The van der Waals surface area contributed by atoms with Crippen LogP contribution in [0.3, 0.4) is 0 Å². The minimum absolute atomic E-state index is 0.00741. The van der Waals surface area contributed by atoms with Crippen LogP contribution in [0, 0.1) is 0 Å². The SMILES string of the molecule is O=C(Cc1ccncn1)c1ccc2c(c1)OCO2. The van der Waals surface area contributed by atoms with E-state index in [9.17, 15) is 4.79 Å². The maximum atomic E-state index is 12.1. The average Bonchev–Trinajstić information content (AvgIpc) is 2.87. The van der Waals surface area contributed by atoms with Crippen molar-refractivity contribution in [3.05, 3.63) is 48.0 Å². The van der Waals surface area contributed by atoms with Crippen LogP contribution < -0.4 is 9.47 Å². The van der Waals surface area contributed by atoms with E-state index in [0.717, 1.165) is 0 Å². The van der Waals surface area contributed by atoms with Gasteiger partial charge in [-0.2, -0.15) is 0 Å². The molecule has 1 aromatic heterocycles. The van der Waals surface area contributed by atoms with Gasteiger partial charge in [0.2, 0.25) is 6.79 Å². The highest BCUT2D eigenvalue weighted by atomic mass is 16.7. The van der Waals surface area contributed by atoms with Gasteiger partial charge in [0.15, 0.2) is 17.3 Å². The second-order valence-electron chi connectivity index (χ2n) is 3.87. The summed E-state index contributed by atoms with van der Waals surface area (Å²) < 4.78 is 10.4. The van der Waals surface area contributed by atoms with Crippen molar-refractivity contribution in [3.63, 3.8) is 0 Å². The number of rotatable bonds is 3. The van der Waals surface area contributed by atoms with E-state index in [2.05, 4.69) is 9.97 Å². The molecule has 1 aliphatic heterocycles. The zero-order valence-electron chi connectivity index (χ0n) is 9.50. The van der Waals surface area contributed by atoms with Gasteiger partial charge in [-0.25, -0.2) is 9.97 Å². The molecule has 90 valence electrons. The third kappa shape index (κ3) is 2.02. The third-order valence-corrected chi connectivity index (χ3v) is 2.68. The second kappa shape index (κ2) is 4.44. The monoisotopic (exact) mass is 242 g/mol. The third-order valence-electron chi connectivity index (χ3n) is 2.68. The highest BCUT2D eigenvalue weighted by Gasteiger charge is 2.16. The molecule has 5 nitrogen and oxygen atoms in total. The van der Waals surface area contributed by atoms with E-state index >= 15 is 0 Å². The minimum Gasteiger partial charge on any atom is -0.454 e. The Kier molecular flexibility index (Phi) is 2.64. The molecule has 0 amide bonds. The summed E-state index contributed by atoms with van der Waals surface area (Å²) in [6.45, 7) is 0.207. The summed E-state index contributed by atoms with van der Waals surface area (Å²) >= 11 is 0. The average molecular weight is 242 g/mol. The lowest BCUT2D eigenvalue weighted by Gasteiger charge is -2.02. The standard InChI is InChI=1S/C13H10N2O3/c16-11(6-10-3-4-14-7-15-10)9-1-2-12-13(5-9)18-8-17-12/h1-5,7H,6,8H2. The summed E-state index contributed by atoms with van der Waals surface area (Å²) in [5, 5.41) is 0. The number of carbonyl (C=O) groups excluding carboxylic acids is 1. The van der Waals surface area contributed by atoms with Crippen LogP contribution in [-0.4, -0.2) is 22.5 Å². The molecule has 1 aromatic carbocycles. The number of Topliss-reactive ketones (excluding diaryl/α,β-unsaturated/α-hetero) is 1.